The van der Waals surface area contributed by atoms with Crippen molar-refractivity contribution in [1.82, 2.24) is 10.0 Å². The van der Waals surface area contributed by atoms with E-state index in [1.165, 1.54) is 12.1 Å². The molecule has 2 N–H and O–H groups in total. The number of nitrogens with one attached hydrogen (secondary N) is 2. The minimum Gasteiger partial charge on any atom is -0.313 e. The largest absolute Gasteiger partial charge is 0.313 e. The lowest BCUT2D eigenvalue weighted by Gasteiger charge is -2.15. The van der Waals surface area contributed by atoms with Gasteiger partial charge in [-0.3, -0.25) is 0 Å². The normalized spacial score (nSPS) is 13.5. The average Bonchev–Trinajstić information content (AvgIpc) is 2.31. The van der Waals surface area contributed by atoms with Crippen molar-refractivity contribution in [1.29, 1.82) is 0 Å². The third-order valence-corrected chi connectivity index (χ3v) is 4.81. The number of sulfonamides is 1. The van der Waals surface area contributed by atoms with Gasteiger partial charge >= 0.3 is 0 Å². The van der Waals surface area contributed by atoms with Crippen molar-refractivity contribution < 1.29 is 12.8 Å². The van der Waals surface area contributed by atoms with Gasteiger partial charge in [0.25, 0.3) is 0 Å². The first kappa shape index (κ1) is 16.6. The Kier molecular flexibility index (Phi) is 5.91. The average molecular weight is 353 g/mol. The smallest absolute Gasteiger partial charge is 0.240 e. The molecule has 108 valence electrons. The van der Waals surface area contributed by atoms with Crippen LogP contribution in [0.4, 0.5) is 4.39 Å². The highest BCUT2D eigenvalue weighted by Gasteiger charge is 2.19. The molecular formula is C12H18BrFN2O2S. The second kappa shape index (κ2) is 6.78. The molecule has 0 amide bonds. The van der Waals surface area contributed by atoms with E-state index in [9.17, 15) is 12.8 Å². The molecule has 1 atom stereocenters. The van der Waals surface area contributed by atoms with Crippen LogP contribution in [0.2, 0.25) is 0 Å². The summed E-state index contributed by atoms with van der Waals surface area (Å²) in [5.41, 5.74) is 0.379. The van der Waals surface area contributed by atoms with E-state index < -0.39 is 15.8 Å². The molecule has 0 unspecified atom stereocenters. The first-order valence-electron chi connectivity index (χ1n) is 5.96. The van der Waals surface area contributed by atoms with Gasteiger partial charge in [0.2, 0.25) is 10.0 Å². The molecular weight excluding hydrogens is 335 g/mol. The molecule has 0 fully saturated rings. The Labute approximate surface area is 122 Å². The van der Waals surface area contributed by atoms with Crippen LogP contribution < -0.4 is 10.0 Å². The van der Waals surface area contributed by atoms with E-state index in [1.807, 2.05) is 13.8 Å². The second-order valence-corrected chi connectivity index (χ2v) is 6.93. The first-order valence-corrected chi connectivity index (χ1v) is 8.24. The lowest BCUT2D eigenvalue weighted by molar-refractivity contribution is 0.535. The molecule has 0 heterocycles. The summed E-state index contributed by atoms with van der Waals surface area (Å²) in [6.45, 7) is 6.46. The molecule has 0 aromatic heterocycles. The lowest BCUT2D eigenvalue weighted by atomic mass is 10.2. The number of hydrogen-bond acceptors (Lipinski definition) is 3. The lowest BCUT2D eigenvalue weighted by Crippen LogP contribution is -2.38. The Morgan fingerprint density at radius 1 is 1.42 bits per heavy atom. The molecule has 19 heavy (non-hydrogen) atoms. The van der Waals surface area contributed by atoms with Crippen molar-refractivity contribution in [3.05, 3.63) is 28.0 Å². The van der Waals surface area contributed by atoms with Crippen LogP contribution in [-0.2, 0) is 10.0 Å². The van der Waals surface area contributed by atoms with Crippen LogP contribution in [-0.4, -0.2) is 27.5 Å². The fraction of sp³-hybridized carbons (Fsp3) is 0.500. The molecule has 1 rings (SSSR count). The van der Waals surface area contributed by atoms with E-state index in [1.54, 1.807) is 6.92 Å². The number of hydrogen-bond donors (Lipinski definition) is 2. The van der Waals surface area contributed by atoms with Gasteiger partial charge in [0, 0.05) is 12.6 Å². The Balaban J connectivity index is 2.92. The summed E-state index contributed by atoms with van der Waals surface area (Å²) in [6.07, 6.45) is 0. The van der Waals surface area contributed by atoms with Gasteiger partial charge < -0.3 is 5.32 Å². The number of benzene rings is 1. The van der Waals surface area contributed by atoms with E-state index in [-0.39, 0.29) is 22.0 Å². The van der Waals surface area contributed by atoms with Crippen LogP contribution >= 0.6 is 15.9 Å². The van der Waals surface area contributed by atoms with E-state index >= 15 is 0 Å². The Bertz CT molecular complexity index is 549. The monoisotopic (exact) mass is 352 g/mol. The molecule has 0 saturated carbocycles. The standard InChI is InChI=1S/C12H18BrFN2O2S/c1-4-15-9(3)7-16-19(17,18)12-6-10(13)11(14)5-8(12)2/h5-6,9,15-16H,4,7H2,1-3H3/t9-/m1/s1. The fourth-order valence-corrected chi connectivity index (χ4v) is 3.53. The first-order chi connectivity index (χ1) is 8.77. The van der Waals surface area contributed by atoms with Crippen LogP contribution in [0.25, 0.3) is 0 Å². The van der Waals surface area contributed by atoms with Crippen molar-refractivity contribution in [2.45, 2.75) is 31.7 Å². The van der Waals surface area contributed by atoms with Crippen LogP contribution in [0.1, 0.15) is 19.4 Å². The maximum absolute atomic E-state index is 13.3. The SMILES string of the molecule is CCN[C@H](C)CNS(=O)(=O)c1cc(Br)c(F)cc1C. The van der Waals surface area contributed by atoms with E-state index in [2.05, 4.69) is 26.0 Å². The molecule has 1 aromatic carbocycles. The van der Waals surface area contributed by atoms with Gasteiger partial charge in [-0.2, -0.15) is 0 Å². The summed E-state index contributed by atoms with van der Waals surface area (Å²) >= 11 is 3.00. The Morgan fingerprint density at radius 3 is 2.63 bits per heavy atom. The van der Waals surface area contributed by atoms with Crippen LogP contribution in [0.15, 0.2) is 21.5 Å². The molecule has 0 aliphatic heterocycles. The summed E-state index contributed by atoms with van der Waals surface area (Å²) in [5.74, 6) is -0.475. The van der Waals surface area contributed by atoms with Crippen LogP contribution in [0.3, 0.4) is 0 Å². The van der Waals surface area contributed by atoms with Crippen LogP contribution in [0, 0.1) is 12.7 Å². The molecule has 0 saturated heterocycles. The summed E-state index contributed by atoms with van der Waals surface area (Å²) in [5, 5.41) is 3.11. The van der Waals surface area contributed by atoms with Gasteiger partial charge in [0.15, 0.2) is 0 Å². The zero-order valence-electron chi connectivity index (χ0n) is 11.1. The zero-order valence-corrected chi connectivity index (χ0v) is 13.5. The van der Waals surface area contributed by atoms with Gasteiger partial charge in [-0.15, -0.1) is 0 Å². The van der Waals surface area contributed by atoms with Gasteiger partial charge in [-0.1, -0.05) is 6.92 Å². The second-order valence-electron chi connectivity index (χ2n) is 4.34. The third-order valence-electron chi connectivity index (χ3n) is 2.64. The van der Waals surface area contributed by atoms with Gasteiger partial charge in [-0.25, -0.2) is 17.5 Å². The van der Waals surface area contributed by atoms with Crippen molar-refractivity contribution >= 4 is 26.0 Å². The van der Waals surface area contributed by atoms with Crippen molar-refractivity contribution in [2.24, 2.45) is 0 Å². The Morgan fingerprint density at radius 2 is 2.05 bits per heavy atom. The molecule has 4 nitrogen and oxygen atoms in total. The minimum atomic E-state index is -3.63. The zero-order chi connectivity index (χ0) is 14.6. The van der Waals surface area contributed by atoms with Crippen molar-refractivity contribution in [2.75, 3.05) is 13.1 Å². The van der Waals surface area contributed by atoms with E-state index in [4.69, 9.17) is 0 Å². The summed E-state index contributed by atoms with van der Waals surface area (Å²) in [4.78, 5) is 0.0875. The molecule has 1 aromatic rings. The molecule has 0 radical (unpaired) electrons. The quantitative estimate of drug-likeness (QED) is 0.824. The number of likely N-dealkylation sites (N-methyl/N-ethyl adjacent to an activating group) is 1. The summed E-state index contributed by atoms with van der Waals surface area (Å²) in [7, 11) is -3.63. The maximum atomic E-state index is 13.3. The van der Waals surface area contributed by atoms with Crippen molar-refractivity contribution in [3.8, 4) is 0 Å². The minimum absolute atomic E-state index is 0.0315. The molecule has 0 spiro atoms. The maximum Gasteiger partial charge on any atom is 0.240 e. The Hall–Kier alpha value is -0.500. The number of rotatable bonds is 6. The molecule has 7 heteroatoms. The topological polar surface area (TPSA) is 58.2 Å². The molecule has 0 aliphatic rings. The summed E-state index contributed by atoms with van der Waals surface area (Å²) in [6, 6.07) is 2.51. The van der Waals surface area contributed by atoms with Gasteiger partial charge in [0.05, 0.1) is 9.37 Å². The van der Waals surface area contributed by atoms with Gasteiger partial charge in [0.1, 0.15) is 5.82 Å². The molecule has 0 bridgehead atoms. The molecule has 0 aliphatic carbocycles. The van der Waals surface area contributed by atoms with Crippen molar-refractivity contribution in [3.63, 3.8) is 0 Å². The number of halogens is 2. The predicted octanol–water partition coefficient (Wildman–Crippen LogP) is 2.17. The highest BCUT2D eigenvalue weighted by atomic mass is 79.9. The van der Waals surface area contributed by atoms with E-state index in [0.717, 1.165) is 6.54 Å². The van der Waals surface area contributed by atoms with Gasteiger partial charge in [-0.05, 0) is 54.0 Å². The summed E-state index contributed by atoms with van der Waals surface area (Å²) < 4.78 is 40.2. The van der Waals surface area contributed by atoms with E-state index in [0.29, 0.717) is 5.56 Å². The van der Waals surface area contributed by atoms with Crippen LogP contribution in [0.5, 0.6) is 0 Å². The predicted molar refractivity (Wildman–Crippen MR) is 77.2 cm³/mol. The third kappa shape index (κ3) is 4.52. The fourth-order valence-electron chi connectivity index (χ4n) is 1.65. The number of aryl methyl sites for hydroxylation is 1. The highest BCUT2D eigenvalue weighted by molar-refractivity contribution is 9.10. The highest BCUT2D eigenvalue weighted by Crippen LogP contribution is 2.23.